The number of aliphatic hydroxyl groups is 2. The van der Waals surface area contributed by atoms with Crippen LogP contribution in [0.2, 0.25) is 0 Å². The van der Waals surface area contributed by atoms with E-state index >= 15 is 0 Å². The van der Waals surface area contributed by atoms with Crippen molar-refractivity contribution in [1.29, 1.82) is 0 Å². The number of carbonyl (C=O) groups is 3. The molecule has 4 aliphatic heterocycles. The van der Waals surface area contributed by atoms with Crippen LogP contribution in [0.1, 0.15) is 91.1 Å². The molecule has 61 heavy (non-hydrogen) atoms. The molecule has 1 spiro atoms. The molecule has 2 aromatic rings. The van der Waals surface area contributed by atoms with E-state index in [1.807, 2.05) is 0 Å². The van der Waals surface area contributed by atoms with E-state index in [1.54, 1.807) is 65.8 Å². The molecule has 2 aromatic carbocycles. The van der Waals surface area contributed by atoms with Crippen molar-refractivity contribution in [2.45, 2.75) is 118 Å². The molecule has 1 amide bonds. The molecule has 15 heteroatoms. The number of fused-ring (bicyclic) bond motifs is 1. The third kappa shape index (κ3) is 8.54. The van der Waals surface area contributed by atoms with Gasteiger partial charge in [-0.1, -0.05) is 59.8 Å². The molecule has 5 N–H and O–H groups in total. The van der Waals surface area contributed by atoms with E-state index < -0.39 is 82.9 Å². The van der Waals surface area contributed by atoms with Gasteiger partial charge in [-0.25, -0.2) is 0 Å². The van der Waals surface area contributed by atoms with Crippen LogP contribution in [0, 0.1) is 36.5 Å². The van der Waals surface area contributed by atoms with Crippen molar-refractivity contribution in [3.8, 4) is 17.2 Å². The number of allylic oxidation sites excluding steroid dienone is 2. The van der Waals surface area contributed by atoms with Crippen LogP contribution in [0.25, 0.3) is 10.8 Å². The van der Waals surface area contributed by atoms with Gasteiger partial charge < -0.3 is 49.6 Å². The Balaban J connectivity index is 1.54. The highest BCUT2D eigenvalue weighted by atomic mass is 16.7. The Bertz CT molecular complexity index is 2300. The maximum absolute atomic E-state index is 14.7. The highest BCUT2D eigenvalue weighted by Crippen LogP contribution is 2.50. The SMILES string of the molecule is CO[C@@H]1C=CO[C@@]2(C)Oc3c(C)c(O)c4c(O)c(c5c(c4c3C2=O)=NC2(CCN(CC(C)C)CC2)N=5)NC(=O)C(C)=CC=C[C@H](C)[C@H](O)[C@@H](C)[C@@H](O)[C@@H](C)[C@H](OC(C)=O)[C@@H]1C. The number of piperidine rings is 1. The van der Waals surface area contributed by atoms with Gasteiger partial charge in [-0.05, 0) is 25.8 Å². The Morgan fingerprint density at radius 1 is 0.967 bits per heavy atom. The summed E-state index contributed by atoms with van der Waals surface area (Å²) in [6.07, 6.45) is 5.04. The van der Waals surface area contributed by atoms with Gasteiger partial charge in [0, 0.05) is 93.6 Å². The summed E-state index contributed by atoms with van der Waals surface area (Å²) in [5, 5.41) is 50.2. The van der Waals surface area contributed by atoms with Gasteiger partial charge in [0.1, 0.15) is 28.6 Å². The quantitative estimate of drug-likeness (QED) is 0.209. The van der Waals surface area contributed by atoms with Crippen LogP contribution in [0.15, 0.2) is 46.1 Å². The topological polar surface area (TPSA) is 209 Å². The second kappa shape index (κ2) is 17.5. The summed E-state index contributed by atoms with van der Waals surface area (Å²) in [6.45, 7) is 19.5. The lowest BCUT2D eigenvalue weighted by molar-refractivity contribution is -0.160. The van der Waals surface area contributed by atoms with Crippen LogP contribution in [0.4, 0.5) is 5.69 Å². The predicted octanol–water partition coefficient (Wildman–Crippen LogP) is 4.75. The first-order valence-electron chi connectivity index (χ1n) is 21.2. The Kier molecular flexibility index (Phi) is 13.1. The standard InChI is InChI=1S/C46H62N4O11/c1-22(2)21-50-18-16-46(17-19-50)48-34-31-32-39(54)28(8)42-33(31)43(56)45(10,61-42)59-20-15-30(58-11)25(5)41(60-29(9)51)27(7)38(53)26(6)37(52)23(3)13-12-14-24(4)44(57)47-36(40(32)55)35(34)49-46/h12-15,20,22-23,25-27,30,37-38,41,52-55H,16-19,21H2,1-11H3,(H,47,57)/t23-,25+,26+,27+,30+,37-,38+,41+,45-/m0/s1. The summed E-state index contributed by atoms with van der Waals surface area (Å²) in [6, 6.07) is 0. The first-order valence-corrected chi connectivity index (χ1v) is 21.2. The van der Waals surface area contributed by atoms with Crippen molar-refractivity contribution in [1.82, 2.24) is 4.90 Å². The number of aliphatic hydroxyl groups excluding tert-OH is 2. The van der Waals surface area contributed by atoms with E-state index in [-0.39, 0.29) is 55.4 Å². The van der Waals surface area contributed by atoms with Crippen LogP contribution in [0.3, 0.4) is 0 Å². The number of hydrogen-bond donors (Lipinski definition) is 5. The fraction of sp³-hybridized carbons (Fsp3) is 0.587. The van der Waals surface area contributed by atoms with E-state index in [2.05, 4.69) is 24.1 Å². The van der Waals surface area contributed by atoms with Gasteiger partial charge in [0.25, 0.3) is 11.7 Å². The summed E-state index contributed by atoms with van der Waals surface area (Å²) < 4.78 is 24.0. The summed E-state index contributed by atoms with van der Waals surface area (Å²) in [4.78, 5) is 53.7. The summed E-state index contributed by atoms with van der Waals surface area (Å²) in [7, 11) is 1.47. The number of hydrogen-bond acceptors (Lipinski definition) is 14. The van der Waals surface area contributed by atoms with Crippen LogP contribution >= 0.6 is 0 Å². The minimum atomic E-state index is -1.96. The minimum absolute atomic E-state index is 0.0364. The van der Waals surface area contributed by atoms with Crippen LogP contribution in [0.5, 0.6) is 17.2 Å². The molecule has 332 valence electrons. The molecule has 1 saturated heterocycles. The second-order valence-electron chi connectivity index (χ2n) is 18.0. The number of nitrogens with one attached hydrogen (secondary N) is 1. The Labute approximate surface area is 356 Å². The lowest BCUT2D eigenvalue weighted by Crippen LogP contribution is -2.46. The summed E-state index contributed by atoms with van der Waals surface area (Å²) in [5.74, 6) is -6.44. The van der Waals surface area contributed by atoms with Gasteiger partial charge in [-0.15, -0.1) is 0 Å². The van der Waals surface area contributed by atoms with E-state index in [9.17, 15) is 34.8 Å². The van der Waals surface area contributed by atoms with Crippen molar-refractivity contribution in [2.24, 2.45) is 39.6 Å². The number of likely N-dealkylation sites (tertiary alicyclic amines) is 1. The molecular formula is C46H62N4O11. The van der Waals surface area contributed by atoms with Crippen molar-refractivity contribution >= 4 is 34.1 Å². The third-order valence-electron chi connectivity index (χ3n) is 12.9. The number of anilines is 1. The second-order valence-corrected chi connectivity index (χ2v) is 18.0. The molecule has 0 aromatic heterocycles. The van der Waals surface area contributed by atoms with Crippen LogP contribution in [-0.4, -0.2) is 106 Å². The zero-order valence-corrected chi connectivity index (χ0v) is 37.1. The molecule has 0 radical (unpaired) electrons. The highest BCUT2D eigenvalue weighted by molar-refractivity contribution is 6.19. The van der Waals surface area contributed by atoms with E-state index in [1.165, 1.54) is 27.2 Å². The number of phenols is 2. The van der Waals surface area contributed by atoms with Crippen molar-refractivity contribution in [2.75, 3.05) is 32.1 Å². The Morgan fingerprint density at radius 3 is 2.25 bits per heavy atom. The number of methoxy groups -OCH3 is 1. The van der Waals surface area contributed by atoms with Gasteiger partial charge in [0.2, 0.25) is 0 Å². The minimum Gasteiger partial charge on any atom is -0.507 e. The van der Waals surface area contributed by atoms with Gasteiger partial charge in [0.05, 0.1) is 40.9 Å². The Hall–Kier alpha value is -4.83. The van der Waals surface area contributed by atoms with Gasteiger partial charge in [0.15, 0.2) is 11.4 Å². The number of phenolic OH excluding ortho intramolecular Hbond substituents is 2. The number of Topliss-reactive ketones (excluding diaryl/α,β-unsaturated/α-hetero) is 1. The maximum atomic E-state index is 14.7. The van der Waals surface area contributed by atoms with Gasteiger partial charge in [-0.2, -0.15) is 0 Å². The molecule has 0 unspecified atom stereocenters. The smallest absolute Gasteiger partial charge is 0.312 e. The number of amides is 1. The maximum Gasteiger partial charge on any atom is 0.312 e. The van der Waals surface area contributed by atoms with Crippen molar-refractivity contribution < 1.29 is 53.8 Å². The molecule has 4 aliphatic rings. The number of benzene rings is 2. The highest BCUT2D eigenvalue weighted by Gasteiger charge is 2.50. The molecule has 6 rings (SSSR count). The average molecular weight is 847 g/mol. The van der Waals surface area contributed by atoms with E-state index in [4.69, 9.17) is 28.9 Å². The molecule has 4 heterocycles. The summed E-state index contributed by atoms with van der Waals surface area (Å²) >= 11 is 0. The molecule has 0 aliphatic carbocycles. The molecular weight excluding hydrogens is 785 g/mol. The Morgan fingerprint density at radius 2 is 1.62 bits per heavy atom. The molecule has 4 bridgehead atoms. The lowest BCUT2D eigenvalue weighted by atomic mass is 9.78. The van der Waals surface area contributed by atoms with E-state index in [0.29, 0.717) is 31.8 Å². The first-order chi connectivity index (χ1) is 28.6. The molecule has 1 fully saturated rings. The number of carbonyl (C=O) groups excluding carboxylic acids is 3. The van der Waals surface area contributed by atoms with Crippen molar-refractivity contribution in [3.05, 3.63) is 58.0 Å². The average Bonchev–Trinajstić information content (AvgIpc) is 3.71. The van der Waals surface area contributed by atoms with Gasteiger partial charge >= 0.3 is 11.8 Å². The number of aromatic hydroxyl groups is 2. The molecule has 15 nitrogen and oxygen atoms in total. The normalized spacial score (nSPS) is 30.8. The number of ether oxygens (including phenoxy) is 4. The number of nitrogens with zero attached hydrogens (tertiary/aromatic N) is 3. The van der Waals surface area contributed by atoms with Crippen LogP contribution in [-0.2, 0) is 23.8 Å². The van der Waals surface area contributed by atoms with Crippen LogP contribution < -0.4 is 20.8 Å². The lowest BCUT2D eigenvalue weighted by Gasteiger charge is -2.38. The number of esters is 1. The first kappa shape index (κ1) is 45.7. The van der Waals surface area contributed by atoms with E-state index in [0.717, 1.165) is 6.54 Å². The van der Waals surface area contributed by atoms with Gasteiger partial charge in [-0.3, -0.25) is 24.4 Å². The summed E-state index contributed by atoms with van der Waals surface area (Å²) in [5.41, 5.74) is -0.572. The fourth-order valence-corrected chi connectivity index (χ4v) is 9.20. The largest absolute Gasteiger partial charge is 0.507 e. The third-order valence-corrected chi connectivity index (χ3v) is 12.9. The molecule has 9 atom stereocenters. The molecule has 0 saturated carbocycles. The fourth-order valence-electron chi connectivity index (χ4n) is 9.20. The zero-order valence-electron chi connectivity index (χ0n) is 37.1. The monoisotopic (exact) mass is 846 g/mol. The predicted molar refractivity (Wildman–Crippen MR) is 228 cm³/mol. The number of rotatable bonds is 4. The van der Waals surface area contributed by atoms with Crippen molar-refractivity contribution in [3.63, 3.8) is 0 Å². The zero-order chi connectivity index (χ0) is 44.9. The number of ketones is 1.